The van der Waals surface area contributed by atoms with Gasteiger partial charge in [0.1, 0.15) is 25.6 Å². The third-order valence-corrected chi connectivity index (χ3v) is 5.15. The molecule has 0 N–H and O–H groups in total. The maximum absolute atomic E-state index is 12.5. The molecule has 4 rings (SSSR count). The van der Waals surface area contributed by atoms with E-state index in [9.17, 15) is 4.79 Å². The van der Waals surface area contributed by atoms with Crippen LogP contribution in [0.2, 0.25) is 0 Å². The second-order valence-corrected chi connectivity index (χ2v) is 7.56. The van der Waals surface area contributed by atoms with Crippen LogP contribution >= 0.6 is 0 Å². The standard InChI is InChI=1S/C28H28O6/c1-3-30-25-13-8-21(17-27(25)31-4-2)19-34-23-10-5-20(6-11-23)7-12-24(29)22-9-14-26-28(18-22)33-16-15-32-26/h5-14,17-18H,3-4,15-16,19H2,1-2H3/b12-7+. The lowest BCUT2D eigenvalue weighted by molar-refractivity contribution is 0.104. The fourth-order valence-electron chi connectivity index (χ4n) is 3.49. The minimum absolute atomic E-state index is 0.0992. The monoisotopic (exact) mass is 460 g/mol. The van der Waals surface area contributed by atoms with E-state index in [1.54, 1.807) is 30.4 Å². The Balaban J connectivity index is 1.34. The molecule has 1 aliphatic heterocycles. The molecule has 0 radical (unpaired) electrons. The van der Waals surface area contributed by atoms with Crippen molar-refractivity contribution in [2.75, 3.05) is 26.4 Å². The molecule has 176 valence electrons. The molecule has 1 heterocycles. The van der Waals surface area contributed by atoms with Crippen LogP contribution in [-0.2, 0) is 6.61 Å². The van der Waals surface area contributed by atoms with Crippen molar-refractivity contribution in [3.8, 4) is 28.7 Å². The molecule has 6 heteroatoms. The topological polar surface area (TPSA) is 63.2 Å². The van der Waals surface area contributed by atoms with Crippen LogP contribution in [0.1, 0.15) is 35.3 Å². The van der Waals surface area contributed by atoms with Crippen molar-refractivity contribution in [3.05, 3.63) is 83.4 Å². The van der Waals surface area contributed by atoms with E-state index in [0.717, 1.165) is 22.6 Å². The van der Waals surface area contributed by atoms with Gasteiger partial charge in [-0.25, -0.2) is 0 Å². The average Bonchev–Trinajstić information content (AvgIpc) is 2.88. The van der Waals surface area contributed by atoms with Crippen molar-refractivity contribution in [1.82, 2.24) is 0 Å². The van der Waals surface area contributed by atoms with Gasteiger partial charge < -0.3 is 23.7 Å². The predicted molar refractivity (Wildman–Crippen MR) is 130 cm³/mol. The van der Waals surface area contributed by atoms with Crippen LogP contribution in [0.5, 0.6) is 28.7 Å². The lowest BCUT2D eigenvalue weighted by Gasteiger charge is -2.18. The number of hydrogen-bond donors (Lipinski definition) is 0. The van der Waals surface area contributed by atoms with Gasteiger partial charge in [0.2, 0.25) is 0 Å². The van der Waals surface area contributed by atoms with Crippen LogP contribution in [-0.4, -0.2) is 32.2 Å². The summed E-state index contributed by atoms with van der Waals surface area (Å²) in [4.78, 5) is 12.5. The number of hydrogen-bond acceptors (Lipinski definition) is 6. The fraction of sp³-hybridized carbons (Fsp3) is 0.250. The Morgan fingerprint density at radius 3 is 2.32 bits per heavy atom. The van der Waals surface area contributed by atoms with Gasteiger partial charge in [-0.1, -0.05) is 24.3 Å². The van der Waals surface area contributed by atoms with Crippen LogP contribution in [0.15, 0.2) is 66.7 Å². The largest absolute Gasteiger partial charge is 0.490 e. The maximum atomic E-state index is 12.5. The normalized spacial score (nSPS) is 12.4. The van der Waals surface area contributed by atoms with Gasteiger partial charge in [-0.15, -0.1) is 0 Å². The van der Waals surface area contributed by atoms with Gasteiger partial charge in [-0.3, -0.25) is 4.79 Å². The van der Waals surface area contributed by atoms with E-state index in [-0.39, 0.29) is 5.78 Å². The first kappa shape index (κ1) is 23.2. The minimum Gasteiger partial charge on any atom is -0.490 e. The van der Waals surface area contributed by atoms with E-state index in [2.05, 4.69) is 0 Å². The Bertz CT molecular complexity index is 1150. The molecule has 0 aromatic heterocycles. The molecule has 6 nitrogen and oxygen atoms in total. The molecule has 0 spiro atoms. The molecule has 1 aliphatic rings. The summed E-state index contributed by atoms with van der Waals surface area (Å²) in [6, 6.07) is 18.6. The third kappa shape index (κ3) is 5.90. The van der Waals surface area contributed by atoms with E-state index in [0.29, 0.717) is 55.8 Å². The number of allylic oxidation sites excluding steroid dienone is 1. The highest BCUT2D eigenvalue weighted by Crippen LogP contribution is 2.31. The summed E-state index contributed by atoms with van der Waals surface area (Å²) in [5, 5.41) is 0. The molecule has 0 fully saturated rings. The molecule has 0 amide bonds. The molecule has 0 saturated carbocycles. The zero-order valence-corrected chi connectivity index (χ0v) is 19.4. The van der Waals surface area contributed by atoms with Crippen LogP contribution in [0.25, 0.3) is 6.08 Å². The smallest absolute Gasteiger partial charge is 0.185 e. The van der Waals surface area contributed by atoms with Crippen molar-refractivity contribution in [1.29, 1.82) is 0 Å². The second kappa shape index (κ2) is 11.3. The molecule has 0 bridgehead atoms. The van der Waals surface area contributed by atoms with Crippen LogP contribution in [0.4, 0.5) is 0 Å². The molecule has 0 unspecified atom stereocenters. The van der Waals surface area contributed by atoms with Gasteiger partial charge in [0.15, 0.2) is 28.8 Å². The van der Waals surface area contributed by atoms with Gasteiger partial charge >= 0.3 is 0 Å². The van der Waals surface area contributed by atoms with Gasteiger partial charge in [0.25, 0.3) is 0 Å². The Hall–Kier alpha value is -3.93. The molecule has 0 aliphatic carbocycles. The second-order valence-electron chi connectivity index (χ2n) is 7.56. The average molecular weight is 461 g/mol. The summed E-state index contributed by atoms with van der Waals surface area (Å²) in [5.74, 6) is 3.36. The summed E-state index contributed by atoms with van der Waals surface area (Å²) in [7, 11) is 0. The number of rotatable bonds is 10. The number of ether oxygens (including phenoxy) is 5. The van der Waals surface area contributed by atoms with E-state index in [1.807, 2.05) is 56.3 Å². The Labute approximate surface area is 199 Å². The molecular formula is C28H28O6. The summed E-state index contributed by atoms with van der Waals surface area (Å²) < 4.78 is 28.2. The summed E-state index contributed by atoms with van der Waals surface area (Å²) in [6.45, 7) is 6.45. The zero-order valence-electron chi connectivity index (χ0n) is 19.4. The van der Waals surface area contributed by atoms with Crippen molar-refractivity contribution < 1.29 is 28.5 Å². The highest BCUT2D eigenvalue weighted by Gasteiger charge is 2.13. The Morgan fingerprint density at radius 1 is 0.824 bits per heavy atom. The van der Waals surface area contributed by atoms with Gasteiger partial charge in [0, 0.05) is 5.56 Å². The number of fused-ring (bicyclic) bond motifs is 1. The molecule has 0 saturated heterocycles. The van der Waals surface area contributed by atoms with E-state index in [4.69, 9.17) is 23.7 Å². The SMILES string of the molecule is CCOc1ccc(COc2ccc(/C=C/C(=O)c3ccc4c(c3)OCCO4)cc2)cc1OCC. The third-order valence-electron chi connectivity index (χ3n) is 5.15. The van der Waals surface area contributed by atoms with Crippen LogP contribution in [0.3, 0.4) is 0 Å². The molecule has 0 atom stereocenters. The maximum Gasteiger partial charge on any atom is 0.185 e. The van der Waals surface area contributed by atoms with Crippen LogP contribution < -0.4 is 23.7 Å². The predicted octanol–water partition coefficient (Wildman–Crippen LogP) is 5.73. The molecule has 3 aromatic carbocycles. The first-order chi connectivity index (χ1) is 16.7. The van der Waals surface area contributed by atoms with Crippen molar-refractivity contribution in [2.45, 2.75) is 20.5 Å². The minimum atomic E-state index is -0.0992. The number of carbonyl (C=O) groups is 1. The van der Waals surface area contributed by atoms with Crippen molar-refractivity contribution in [3.63, 3.8) is 0 Å². The number of ketones is 1. The fourth-order valence-corrected chi connectivity index (χ4v) is 3.49. The van der Waals surface area contributed by atoms with Crippen molar-refractivity contribution >= 4 is 11.9 Å². The summed E-state index contributed by atoms with van der Waals surface area (Å²) >= 11 is 0. The van der Waals surface area contributed by atoms with Crippen LogP contribution in [0, 0.1) is 0 Å². The zero-order chi connectivity index (χ0) is 23.8. The van der Waals surface area contributed by atoms with Gasteiger partial charge in [0.05, 0.1) is 13.2 Å². The first-order valence-corrected chi connectivity index (χ1v) is 11.4. The first-order valence-electron chi connectivity index (χ1n) is 11.4. The molecule has 34 heavy (non-hydrogen) atoms. The van der Waals surface area contributed by atoms with E-state index >= 15 is 0 Å². The van der Waals surface area contributed by atoms with E-state index < -0.39 is 0 Å². The number of carbonyl (C=O) groups excluding carboxylic acids is 1. The number of benzene rings is 3. The lowest BCUT2D eigenvalue weighted by atomic mass is 10.1. The lowest BCUT2D eigenvalue weighted by Crippen LogP contribution is -2.15. The van der Waals surface area contributed by atoms with Gasteiger partial charge in [-0.05, 0) is 73.5 Å². The van der Waals surface area contributed by atoms with E-state index in [1.165, 1.54) is 0 Å². The van der Waals surface area contributed by atoms with Crippen molar-refractivity contribution in [2.24, 2.45) is 0 Å². The molecule has 3 aromatic rings. The molecular weight excluding hydrogens is 432 g/mol. The Kier molecular flexibility index (Phi) is 7.71. The quantitative estimate of drug-likeness (QED) is 0.284. The summed E-state index contributed by atoms with van der Waals surface area (Å²) in [5.41, 5.74) is 2.45. The summed E-state index contributed by atoms with van der Waals surface area (Å²) in [6.07, 6.45) is 3.33. The highest BCUT2D eigenvalue weighted by atomic mass is 16.6. The highest BCUT2D eigenvalue weighted by molar-refractivity contribution is 6.07. The Morgan fingerprint density at radius 2 is 1.56 bits per heavy atom. The van der Waals surface area contributed by atoms with Gasteiger partial charge in [-0.2, -0.15) is 0 Å².